The summed E-state index contributed by atoms with van der Waals surface area (Å²) in [6, 6.07) is 10.5. The van der Waals surface area contributed by atoms with Gasteiger partial charge in [0.25, 0.3) is 0 Å². The molecule has 0 saturated carbocycles. The van der Waals surface area contributed by atoms with Gasteiger partial charge in [-0.2, -0.15) is 0 Å². The fourth-order valence-electron chi connectivity index (χ4n) is 1.77. The number of hydrogen-bond acceptors (Lipinski definition) is 5. The number of ether oxygens (including phenoxy) is 1. The number of carbonyl (C=O) groups is 1. The van der Waals surface area contributed by atoms with Gasteiger partial charge >= 0.3 is 29.6 Å². The minimum atomic E-state index is -2.57. The number of benzene rings is 2. The van der Waals surface area contributed by atoms with E-state index in [2.05, 4.69) is 0 Å². The Hall–Kier alpha value is -1.18. The number of aromatic hydroxyl groups is 1. The third kappa shape index (κ3) is 3.93. The molecule has 0 amide bonds. The van der Waals surface area contributed by atoms with E-state index in [1.165, 1.54) is 7.11 Å². The Balaban J connectivity index is 0.00000220. The smallest absolute Gasteiger partial charge is 0.768 e. The largest absolute Gasteiger partial charge is 1.00 e. The Labute approximate surface area is 146 Å². The molecule has 0 aliphatic heterocycles. The molecule has 21 heavy (non-hydrogen) atoms. The Morgan fingerprint density at radius 1 is 1.24 bits per heavy atom. The van der Waals surface area contributed by atoms with Crippen molar-refractivity contribution in [1.29, 1.82) is 0 Å². The maximum Gasteiger partial charge on any atom is 1.00 e. The van der Waals surface area contributed by atoms with E-state index in [4.69, 9.17) is 4.74 Å². The molecule has 104 valence electrons. The van der Waals surface area contributed by atoms with Gasteiger partial charge in [0.15, 0.2) is 5.78 Å². The third-order valence-corrected chi connectivity index (χ3v) is 3.42. The number of hydrogen-bond donors (Lipinski definition) is 1. The average molecular weight is 314 g/mol. The third-order valence-electron chi connectivity index (χ3n) is 2.74. The van der Waals surface area contributed by atoms with E-state index in [0.29, 0.717) is 5.56 Å². The van der Waals surface area contributed by atoms with Gasteiger partial charge in [-0.15, -0.1) is 0 Å². The van der Waals surface area contributed by atoms with Gasteiger partial charge in [-0.25, -0.2) is 0 Å². The van der Waals surface area contributed by atoms with Crippen LogP contribution in [0.15, 0.2) is 47.4 Å². The van der Waals surface area contributed by atoms with E-state index in [0.717, 1.165) is 12.1 Å². The van der Waals surface area contributed by atoms with E-state index in [1.807, 2.05) is 0 Å². The molecule has 1 unspecified atom stereocenters. The molecule has 5 nitrogen and oxygen atoms in total. The van der Waals surface area contributed by atoms with Crippen molar-refractivity contribution >= 4 is 16.9 Å². The molecule has 0 spiro atoms. The molecule has 0 fully saturated rings. The van der Waals surface area contributed by atoms with E-state index in [-0.39, 0.29) is 51.5 Å². The maximum atomic E-state index is 12.2. The van der Waals surface area contributed by atoms with Crippen molar-refractivity contribution in [3.63, 3.8) is 0 Å². The van der Waals surface area contributed by atoms with Crippen molar-refractivity contribution in [3.05, 3.63) is 53.6 Å². The van der Waals surface area contributed by atoms with Crippen LogP contribution >= 0.6 is 0 Å². The number of phenols is 1. The molecule has 0 aliphatic rings. The second kappa shape index (κ2) is 7.72. The molecule has 0 aromatic heterocycles. The molecule has 7 heteroatoms. The van der Waals surface area contributed by atoms with Crippen LogP contribution in [-0.2, 0) is 11.1 Å². The normalized spacial score (nSPS) is 11.3. The van der Waals surface area contributed by atoms with Gasteiger partial charge in [0.2, 0.25) is 0 Å². The molecule has 2 rings (SSSR count). The average Bonchev–Trinajstić information content (AvgIpc) is 2.46. The molecule has 0 radical (unpaired) electrons. The van der Waals surface area contributed by atoms with Crippen LogP contribution in [-0.4, -0.2) is 26.8 Å². The van der Waals surface area contributed by atoms with Gasteiger partial charge in [0.05, 0.1) is 17.6 Å². The standard InChI is InChI=1S/C14H12O5S.Na/c1-19-12-8-11(15)10(7-13(12)20(17)18)14(16)9-5-3-2-4-6-9;/h2-8,15H,1H3,(H,17,18);/q;+1/p-1. The van der Waals surface area contributed by atoms with Crippen LogP contribution in [0.4, 0.5) is 0 Å². The minimum absolute atomic E-state index is 0. The zero-order valence-electron chi connectivity index (χ0n) is 11.5. The first-order valence-corrected chi connectivity index (χ1v) is 6.72. The molecule has 1 atom stereocenters. The molecule has 2 aromatic carbocycles. The van der Waals surface area contributed by atoms with Crippen molar-refractivity contribution in [2.75, 3.05) is 7.11 Å². The number of methoxy groups -OCH3 is 1. The van der Waals surface area contributed by atoms with Crippen molar-refractivity contribution in [1.82, 2.24) is 0 Å². The molecule has 0 saturated heterocycles. The van der Waals surface area contributed by atoms with Gasteiger partial charge in [-0.05, 0) is 17.1 Å². The van der Waals surface area contributed by atoms with Crippen LogP contribution in [0, 0.1) is 0 Å². The van der Waals surface area contributed by atoms with Crippen LogP contribution in [0.2, 0.25) is 0 Å². The fourth-order valence-corrected chi connectivity index (χ4v) is 2.29. The molecular weight excluding hydrogens is 303 g/mol. The van der Waals surface area contributed by atoms with E-state index in [9.17, 15) is 18.7 Å². The summed E-state index contributed by atoms with van der Waals surface area (Å²) in [5.74, 6) is -0.803. The molecular formula is C14H11NaO5S. The van der Waals surface area contributed by atoms with Crippen molar-refractivity contribution in [2.45, 2.75) is 4.90 Å². The molecule has 1 N–H and O–H groups in total. The summed E-state index contributed by atoms with van der Waals surface area (Å²) in [4.78, 5) is 12.1. The summed E-state index contributed by atoms with van der Waals surface area (Å²) in [6.45, 7) is 0. The molecule has 0 heterocycles. The molecule has 2 aromatic rings. The van der Waals surface area contributed by atoms with Crippen molar-refractivity contribution < 1.29 is 53.0 Å². The van der Waals surface area contributed by atoms with Crippen molar-refractivity contribution in [2.24, 2.45) is 0 Å². The molecule has 0 bridgehead atoms. The Morgan fingerprint density at radius 2 is 1.86 bits per heavy atom. The van der Waals surface area contributed by atoms with Crippen LogP contribution in [0.5, 0.6) is 11.5 Å². The number of ketones is 1. The van der Waals surface area contributed by atoms with Gasteiger partial charge in [0, 0.05) is 11.6 Å². The predicted octanol–water partition coefficient (Wildman–Crippen LogP) is -1.13. The first-order chi connectivity index (χ1) is 9.54. The maximum absolute atomic E-state index is 12.2. The first-order valence-electron chi connectivity index (χ1n) is 5.64. The van der Waals surface area contributed by atoms with E-state index in [1.54, 1.807) is 30.3 Å². The minimum Gasteiger partial charge on any atom is -0.768 e. The van der Waals surface area contributed by atoms with Gasteiger partial charge in [-0.3, -0.25) is 9.00 Å². The number of rotatable bonds is 4. The van der Waals surface area contributed by atoms with Crippen LogP contribution < -0.4 is 34.3 Å². The second-order valence-electron chi connectivity index (χ2n) is 3.95. The zero-order chi connectivity index (χ0) is 14.7. The summed E-state index contributed by atoms with van der Waals surface area (Å²) in [5.41, 5.74) is 0.270. The Bertz CT molecular complexity index is 673. The van der Waals surface area contributed by atoms with Gasteiger partial charge in [0.1, 0.15) is 11.5 Å². The van der Waals surface area contributed by atoms with Crippen LogP contribution in [0.3, 0.4) is 0 Å². The van der Waals surface area contributed by atoms with E-state index < -0.39 is 16.9 Å². The molecule has 0 aliphatic carbocycles. The monoisotopic (exact) mass is 314 g/mol. The second-order valence-corrected chi connectivity index (χ2v) is 4.86. The quantitative estimate of drug-likeness (QED) is 0.439. The van der Waals surface area contributed by atoms with Gasteiger partial charge in [-0.1, -0.05) is 30.3 Å². The summed E-state index contributed by atoms with van der Waals surface area (Å²) in [7, 11) is 1.28. The van der Waals surface area contributed by atoms with Gasteiger partial charge < -0.3 is 14.4 Å². The van der Waals surface area contributed by atoms with Crippen LogP contribution in [0.1, 0.15) is 15.9 Å². The van der Waals surface area contributed by atoms with Crippen molar-refractivity contribution in [3.8, 4) is 11.5 Å². The Morgan fingerprint density at radius 3 is 2.38 bits per heavy atom. The summed E-state index contributed by atoms with van der Waals surface area (Å²) in [6.07, 6.45) is 0. The summed E-state index contributed by atoms with van der Waals surface area (Å²) in [5, 5.41) is 9.86. The predicted molar refractivity (Wildman–Crippen MR) is 71.7 cm³/mol. The Kier molecular flexibility index (Phi) is 6.57. The SMILES string of the molecule is COc1cc(O)c(C(=O)c2ccccc2)cc1S(=O)[O-].[Na+]. The topological polar surface area (TPSA) is 86.7 Å². The first kappa shape index (κ1) is 17.9. The summed E-state index contributed by atoms with van der Waals surface area (Å²) >= 11 is -2.57. The number of carbonyl (C=O) groups excluding carboxylic acids is 1. The van der Waals surface area contributed by atoms with Crippen LogP contribution in [0.25, 0.3) is 0 Å². The summed E-state index contributed by atoms with van der Waals surface area (Å²) < 4.78 is 27.1. The zero-order valence-corrected chi connectivity index (χ0v) is 14.3. The van der Waals surface area contributed by atoms with E-state index >= 15 is 0 Å². The number of phenolic OH excluding ortho intramolecular Hbond substituents is 1. The fraction of sp³-hybridized carbons (Fsp3) is 0.0714.